The van der Waals surface area contributed by atoms with E-state index in [4.69, 9.17) is 9.05 Å². The molecule has 9 heteroatoms. The number of phosphoric ester groups is 1. The Morgan fingerprint density at radius 3 is 1.31 bits per heavy atom. The Morgan fingerprint density at radius 1 is 0.500 bits per heavy atom. The smallest absolute Gasteiger partial charge is 0.387 e. The molecule has 398 valence electrons. The Kier molecular flexibility index (Phi) is 48.1. The van der Waals surface area contributed by atoms with Gasteiger partial charge in [-0.2, -0.15) is 0 Å². The maximum Gasteiger partial charge on any atom is 0.472 e. The summed E-state index contributed by atoms with van der Waals surface area (Å²) in [5, 5.41) is 13.9. The summed E-state index contributed by atoms with van der Waals surface area (Å²) in [6, 6.07) is -0.888. The molecule has 0 aromatic heterocycles. The molecule has 0 saturated heterocycles. The first-order valence-corrected chi connectivity index (χ1v) is 29.1. The molecule has 3 unspecified atom stereocenters. The third kappa shape index (κ3) is 52.5. The van der Waals surface area contributed by atoms with E-state index < -0.39 is 20.0 Å². The van der Waals surface area contributed by atoms with Gasteiger partial charge in [0.15, 0.2) is 0 Å². The van der Waals surface area contributed by atoms with E-state index in [0.29, 0.717) is 17.4 Å². The predicted molar refractivity (Wildman–Crippen MR) is 304 cm³/mol. The molecule has 0 aromatic rings. The van der Waals surface area contributed by atoms with Crippen LogP contribution in [0, 0.1) is 0 Å². The number of amides is 1. The van der Waals surface area contributed by atoms with Gasteiger partial charge in [0.2, 0.25) is 5.91 Å². The van der Waals surface area contributed by atoms with Crippen molar-refractivity contribution in [3.8, 4) is 0 Å². The molecule has 0 bridgehead atoms. The second-order valence-electron chi connectivity index (χ2n) is 19.2. The molecule has 70 heavy (non-hydrogen) atoms. The minimum atomic E-state index is -4.37. The summed E-state index contributed by atoms with van der Waals surface area (Å²) in [4.78, 5) is 23.3. The summed E-state index contributed by atoms with van der Waals surface area (Å²) >= 11 is 0. The van der Waals surface area contributed by atoms with Gasteiger partial charge in [-0.1, -0.05) is 212 Å². The average molecular weight is 992 g/mol. The molecule has 0 aromatic carbocycles. The van der Waals surface area contributed by atoms with Gasteiger partial charge in [-0.15, -0.1) is 0 Å². The maximum absolute atomic E-state index is 13.0. The fourth-order valence-corrected chi connectivity index (χ4v) is 7.76. The second-order valence-corrected chi connectivity index (χ2v) is 20.7. The number of likely N-dealkylation sites (N-methyl/N-ethyl adjacent to an activating group) is 1. The minimum Gasteiger partial charge on any atom is -0.387 e. The maximum atomic E-state index is 13.0. The molecule has 3 atom stereocenters. The lowest BCUT2D eigenvalue weighted by Gasteiger charge is -2.25. The van der Waals surface area contributed by atoms with E-state index in [1.54, 1.807) is 6.08 Å². The van der Waals surface area contributed by atoms with Crippen molar-refractivity contribution in [2.75, 3.05) is 40.9 Å². The zero-order valence-electron chi connectivity index (χ0n) is 45.2. The van der Waals surface area contributed by atoms with Crippen LogP contribution in [0.1, 0.15) is 194 Å². The lowest BCUT2D eigenvalue weighted by Crippen LogP contribution is -2.45. The molecular formula is C61H104N2O6P+. The number of aliphatic hydroxyl groups is 1. The molecule has 0 aliphatic carbocycles. The van der Waals surface area contributed by atoms with Crippen molar-refractivity contribution in [3.63, 3.8) is 0 Å². The number of hydrogen-bond donors (Lipinski definition) is 3. The predicted octanol–water partition coefficient (Wildman–Crippen LogP) is 16.8. The minimum absolute atomic E-state index is 0.0426. The van der Waals surface area contributed by atoms with Gasteiger partial charge >= 0.3 is 7.82 Å². The fourth-order valence-electron chi connectivity index (χ4n) is 7.03. The van der Waals surface area contributed by atoms with Gasteiger partial charge in [-0.3, -0.25) is 13.8 Å². The number of phosphoric acid groups is 1. The zero-order chi connectivity index (χ0) is 51.3. The molecule has 0 saturated carbocycles. The molecule has 0 radical (unpaired) electrons. The van der Waals surface area contributed by atoms with Crippen LogP contribution < -0.4 is 5.32 Å². The van der Waals surface area contributed by atoms with Crippen LogP contribution in [-0.2, 0) is 18.4 Å². The monoisotopic (exact) mass is 992 g/mol. The van der Waals surface area contributed by atoms with Gasteiger partial charge in [-0.05, 0) is 109 Å². The number of unbranched alkanes of at least 4 members (excludes halogenated alkanes) is 15. The van der Waals surface area contributed by atoms with Crippen LogP contribution in [0.25, 0.3) is 0 Å². The number of carbonyl (C=O) groups is 1. The molecule has 0 spiro atoms. The lowest BCUT2D eigenvalue weighted by atomic mass is 10.1. The topological polar surface area (TPSA) is 105 Å². The number of quaternary nitrogens is 1. The van der Waals surface area contributed by atoms with E-state index in [2.05, 4.69) is 141 Å². The highest BCUT2D eigenvalue weighted by atomic mass is 31.2. The number of nitrogens with one attached hydrogen (secondary N) is 1. The van der Waals surface area contributed by atoms with Crippen LogP contribution >= 0.6 is 7.82 Å². The molecule has 0 heterocycles. The molecule has 0 fully saturated rings. The second kappa shape index (κ2) is 50.6. The number of carbonyl (C=O) groups excluding carboxylic acids is 1. The fraction of sp³-hybridized carbons (Fsp3) is 0.623. The molecule has 1 amide bonds. The highest BCUT2D eigenvalue weighted by Crippen LogP contribution is 2.43. The van der Waals surface area contributed by atoms with Gasteiger partial charge in [0.05, 0.1) is 39.9 Å². The Labute approximate surface area is 430 Å². The molecule has 8 nitrogen and oxygen atoms in total. The van der Waals surface area contributed by atoms with Crippen molar-refractivity contribution in [2.45, 2.75) is 206 Å². The first kappa shape index (κ1) is 66.6. The van der Waals surface area contributed by atoms with Gasteiger partial charge in [0.25, 0.3) is 0 Å². The molecule has 3 N–H and O–H groups in total. The summed E-state index contributed by atoms with van der Waals surface area (Å²) < 4.78 is 23.6. The normalized spacial score (nSPS) is 15.0. The van der Waals surface area contributed by atoms with Crippen molar-refractivity contribution < 1.29 is 32.9 Å². The van der Waals surface area contributed by atoms with E-state index in [-0.39, 0.29) is 19.1 Å². The Bertz CT molecular complexity index is 1590. The number of rotatable bonds is 48. The summed E-state index contributed by atoms with van der Waals surface area (Å²) in [5.74, 6) is -0.212. The summed E-state index contributed by atoms with van der Waals surface area (Å²) in [6.07, 6.45) is 76.8. The Hall–Kier alpha value is -3.36. The largest absolute Gasteiger partial charge is 0.472 e. The van der Waals surface area contributed by atoms with Gasteiger partial charge < -0.3 is 19.8 Å². The molecule has 0 rings (SSSR count). The van der Waals surface area contributed by atoms with E-state index >= 15 is 0 Å². The van der Waals surface area contributed by atoms with Crippen molar-refractivity contribution in [2.24, 2.45) is 0 Å². The number of allylic oxidation sites excluding steroid dienone is 21. The zero-order valence-corrected chi connectivity index (χ0v) is 46.1. The highest BCUT2D eigenvalue weighted by molar-refractivity contribution is 7.47. The molecule has 0 aliphatic heterocycles. The van der Waals surface area contributed by atoms with Crippen LogP contribution in [-0.4, -0.2) is 73.4 Å². The van der Waals surface area contributed by atoms with E-state index in [0.717, 1.165) is 122 Å². The van der Waals surface area contributed by atoms with E-state index in [1.807, 2.05) is 27.2 Å². The van der Waals surface area contributed by atoms with Crippen LogP contribution in [0.3, 0.4) is 0 Å². The lowest BCUT2D eigenvalue weighted by molar-refractivity contribution is -0.870. The van der Waals surface area contributed by atoms with Crippen molar-refractivity contribution in [1.29, 1.82) is 0 Å². The summed E-state index contributed by atoms with van der Waals surface area (Å²) in [5.41, 5.74) is 0. The number of hydrogen-bond acceptors (Lipinski definition) is 5. The van der Waals surface area contributed by atoms with E-state index in [9.17, 15) is 19.4 Å². The van der Waals surface area contributed by atoms with E-state index in [1.165, 1.54) is 51.4 Å². The van der Waals surface area contributed by atoms with Crippen LogP contribution in [0.4, 0.5) is 0 Å². The average Bonchev–Trinajstić information content (AvgIpc) is 3.32. The Balaban J connectivity index is 4.35. The van der Waals surface area contributed by atoms with Crippen molar-refractivity contribution in [3.05, 3.63) is 134 Å². The van der Waals surface area contributed by atoms with Crippen molar-refractivity contribution in [1.82, 2.24) is 5.32 Å². The Morgan fingerprint density at radius 2 is 0.871 bits per heavy atom. The third-order valence-corrected chi connectivity index (χ3v) is 12.3. The number of nitrogens with zero attached hydrogens (tertiary/aromatic N) is 1. The SMILES string of the molecule is CC/C=C\C/C=C\C/C=C\C/C=C\C/C=C\C/C=C\C/C=C\C/C=C\CCCCCCCCC(=O)NC(COP(=O)(O)OCC[N+](C)(C)C)C(O)/C=C/CC/C=C/CC/C=C/CCCCCCCCC. The van der Waals surface area contributed by atoms with Crippen molar-refractivity contribution >= 4 is 13.7 Å². The van der Waals surface area contributed by atoms with Gasteiger partial charge in [-0.25, -0.2) is 4.57 Å². The van der Waals surface area contributed by atoms with Crippen LogP contribution in [0.5, 0.6) is 0 Å². The molecular weight excluding hydrogens is 888 g/mol. The quantitative estimate of drug-likeness (QED) is 0.0243. The first-order chi connectivity index (χ1) is 34.0. The van der Waals surface area contributed by atoms with Gasteiger partial charge in [0.1, 0.15) is 13.2 Å². The third-order valence-electron chi connectivity index (χ3n) is 11.3. The summed E-state index contributed by atoms with van der Waals surface area (Å²) in [7, 11) is 1.51. The summed E-state index contributed by atoms with van der Waals surface area (Å²) in [6.45, 7) is 4.63. The van der Waals surface area contributed by atoms with Crippen LogP contribution in [0.2, 0.25) is 0 Å². The molecule has 0 aliphatic rings. The standard InChI is InChI=1S/C61H103N2O6P/c1-6-8-10-12-14-16-18-20-22-24-25-26-27-28-29-30-31-32-33-34-35-36-37-39-41-43-45-47-49-51-53-55-61(65)62-59(58-69-70(66,67)68-57-56-63(3,4)5)60(64)54-52-50-48-46-44-42-40-38-23-21-19-17-15-13-11-9-7-2/h8,10,14,16,20,22-23,25-26,28-29,31-32,34-35,37-39,44,46,52,54,59-60,64H,6-7,9,11-13,15,17-19,21,24,27,30,33,36,40-43,45,47-51,53,55-58H2,1-5H3,(H-,62,65,66,67)/p+1/b10-8-,16-14-,22-20-,26-25-,29-28-,32-31-,35-34-,38-23+,39-37-,46-44+,54-52+. The first-order valence-electron chi connectivity index (χ1n) is 27.6. The van der Waals surface area contributed by atoms with Gasteiger partial charge in [0, 0.05) is 6.42 Å². The number of aliphatic hydroxyl groups excluding tert-OH is 1. The highest BCUT2D eigenvalue weighted by Gasteiger charge is 2.27. The van der Waals surface area contributed by atoms with Crippen LogP contribution in [0.15, 0.2) is 134 Å².